The van der Waals surface area contributed by atoms with Crippen molar-refractivity contribution in [3.8, 4) is 5.75 Å². The maximum Gasteiger partial charge on any atom is 0.126 e. The summed E-state index contributed by atoms with van der Waals surface area (Å²) in [6.45, 7) is 4.36. The van der Waals surface area contributed by atoms with E-state index < -0.39 is 0 Å². The molecule has 0 N–H and O–H groups in total. The van der Waals surface area contributed by atoms with Gasteiger partial charge in [0.05, 0.1) is 0 Å². The molecular formula is C16H16BrFO. The molecule has 0 aliphatic heterocycles. The third-order valence-corrected chi connectivity index (χ3v) is 3.72. The quantitative estimate of drug-likeness (QED) is 0.726. The highest BCUT2D eigenvalue weighted by molar-refractivity contribution is 9.08. The van der Waals surface area contributed by atoms with E-state index in [9.17, 15) is 4.39 Å². The van der Waals surface area contributed by atoms with Crippen LogP contribution in [-0.2, 0) is 11.9 Å². The molecule has 0 amide bonds. The first-order chi connectivity index (χ1) is 9.11. The molecule has 2 rings (SSSR count). The van der Waals surface area contributed by atoms with Crippen LogP contribution in [0.1, 0.15) is 22.3 Å². The monoisotopic (exact) mass is 322 g/mol. The molecule has 0 fully saturated rings. The third-order valence-electron chi connectivity index (χ3n) is 3.12. The van der Waals surface area contributed by atoms with Crippen molar-refractivity contribution in [3.63, 3.8) is 0 Å². The maximum atomic E-state index is 13.2. The van der Waals surface area contributed by atoms with Crippen molar-refractivity contribution in [3.05, 3.63) is 64.5 Å². The van der Waals surface area contributed by atoms with Crippen LogP contribution in [0.2, 0.25) is 0 Å². The van der Waals surface area contributed by atoms with Gasteiger partial charge in [0.15, 0.2) is 0 Å². The first kappa shape index (κ1) is 14.1. The molecule has 100 valence electrons. The van der Waals surface area contributed by atoms with Crippen LogP contribution < -0.4 is 4.74 Å². The van der Waals surface area contributed by atoms with Crippen molar-refractivity contribution in [2.24, 2.45) is 0 Å². The van der Waals surface area contributed by atoms with Gasteiger partial charge in [-0.25, -0.2) is 4.39 Å². The lowest BCUT2D eigenvalue weighted by atomic mass is 10.1. The number of alkyl halides is 1. The topological polar surface area (TPSA) is 9.23 Å². The average Bonchev–Trinajstić information content (AvgIpc) is 2.40. The van der Waals surface area contributed by atoms with Gasteiger partial charge in [0.25, 0.3) is 0 Å². The fourth-order valence-electron chi connectivity index (χ4n) is 1.97. The molecular weight excluding hydrogens is 307 g/mol. The van der Waals surface area contributed by atoms with Crippen molar-refractivity contribution >= 4 is 15.9 Å². The van der Waals surface area contributed by atoms with Gasteiger partial charge >= 0.3 is 0 Å². The Morgan fingerprint density at radius 1 is 1.05 bits per heavy atom. The predicted molar refractivity (Wildman–Crippen MR) is 79.3 cm³/mol. The minimum atomic E-state index is -0.227. The van der Waals surface area contributed by atoms with Crippen molar-refractivity contribution in [2.75, 3.05) is 0 Å². The first-order valence-corrected chi connectivity index (χ1v) is 7.26. The Balaban J connectivity index is 2.21. The predicted octanol–water partition coefficient (Wildman–Crippen LogP) is 4.92. The lowest BCUT2D eigenvalue weighted by Crippen LogP contribution is -2.02. The molecule has 0 heterocycles. The second-order valence-electron chi connectivity index (χ2n) is 4.56. The summed E-state index contributed by atoms with van der Waals surface area (Å²) >= 11 is 3.45. The van der Waals surface area contributed by atoms with Crippen LogP contribution in [0.3, 0.4) is 0 Å². The van der Waals surface area contributed by atoms with Crippen molar-refractivity contribution < 1.29 is 9.13 Å². The Hall–Kier alpha value is -1.35. The Bertz CT molecular complexity index is 581. The summed E-state index contributed by atoms with van der Waals surface area (Å²) in [5, 5.41) is 0.742. The van der Waals surface area contributed by atoms with E-state index in [1.54, 1.807) is 6.07 Å². The molecule has 0 aliphatic rings. The standard InChI is InChI=1S/C16H16BrFO/c1-11-6-7-15(18)8-14(11)10-19-16-12(2)4-3-5-13(16)9-17/h3-8H,9-10H2,1-2H3. The van der Waals surface area contributed by atoms with Gasteiger partial charge in [0.2, 0.25) is 0 Å². The zero-order valence-corrected chi connectivity index (χ0v) is 12.6. The number of aryl methyl sites for hydroxylation is 2. The first-order valence-electron chi connectivity index (χ1n) is 6.14. The van der Waals surface area contributed by atoms with Crippen LogP contribution in [0, 0.1) is 19.7 Å². The Morgan fingerprint density at radius 3 is 2.58 bits per heavy atom. The van der Waals surface area contributed by atoms with Gasteiger partial charge in [0.1, 0.15) is 18.2 Å². The number of halogens is 2. The summed E-state index contributed by atoms with van der Waals surface area (Å²) in [5.74, 6) is 0.651. The van der Waals surface area contributed by atoms with E-state index in [4.69, 9.17) is 4.74 Å². The van der Waals surface area contributed by atoms with Gasteiger partial charge in [-0.3, -0.25) is 0 Å². The number of hydrogen-bond acceptors (Lipinski definition) is 1. The Kier molecular flexibility index (Phi) is 4.59. The van der Waals surface area contributed by atoms with Gasteiger partial charge in [-0.1, -0.05) is 40.2 Å². The van der Waals surface area contributed by atoms with Crippen LogP contribution in [0.4, 0.5) is 4.39 Å². The molecule has 3 heteroatoms. The lowest BCUT2D eigenvalue weighted by Gasteiger charge is -2.14. The molecule has 2 aromatic rings. The third kappa shape index (κ3) is 3.35. The molecule has 0 saturated carbocycles. The summed E-state index contributed by atoms with van der Waals surface area (Å²) < 4.78 is 19.1. The summed E-state index contributed by atoms with van der Waals surface area (Å²) in [6, 6.07) is 10.8. The van der Waals surface area contributed by atoms with E-state index in [2.05, 4.69) is 15.9 Å². The van der Waals surface area contributed by atoms with E-state index in [0.29, 0.717) is 6.61 Å². The van der Waals surface area contributed by atoms with Crippen LogP contribution >= 0.6 is 15.9 Å². The van der Waals surface area contributed by atoms with E-state index in [1.807, 2.05) is 32.0 Å². The van der Waals surface area contributed by atoms with Crippen LogP contribution in [0.25, 0.3) is 0 Å². The second-order valence-corrected chi connectivity index (χ2v) is 5.12. The van der Waals surface area contributed by atoms with Crippen LogP contribution in [0.5, 0.6) is 5.75 Å². The van der Waals surface area contributed by atoms with E-state index in [1.165, 1.54) is 12.1 Å². The van der Waals surface area contributed by atoms with E-state index >= 15 is 0 Å². The minimum Gasteiger partial charge on any atom is -0.488 e. The second kappa shape index (κ2) is 6.20. The molecule has 0 radical (unpaired) electrons. The van der Waals surface area contributed by atoms with Gasteiger partial charge in [-0.05, 0) is 42.7 Å². The number of para-hydroxylation sites is 1. The fraction of sp³-hybridized carbons (Fsp3) is 0.250. The number of hydrogen-bond donors (Lipinski definition) is 0. The van der Waals surface area contributed by atoms with Gasteiger partial charge in [-0.2, -0.15) is 0 Å². The number of ether oxygens (including phenoxy) is 1. The zero-order valence-electron chi connectivity index (χ0n) is 11.0. The Labute approximate surface area is 121 Å². The summed E-state index contributed by atoms with van der Waals surface area (Å²) in [5.41, 5.74) is 4.11. The van der Waals surface area contributed by atoms with E-state index in [-0.39, 0.29) is 5.82 Å². The van der Waals surface area contributed by atoms with Crippen molar-refractivity contribution in [1.82, 2.24) is 0 Å². The van der Waals surface area contributed by atoms with Gasteiger partial charge in [0, 0.05) is 10.9 Å². The smallest absolute Gasteiger partial charge is 0.126 e. The van der Waals surface area contributed by atoms with E-state index in [0.717, 1.165) is 33.3 Å². The molecule has 1 nitrogen and oxygen atoms in total. The molecule has 0 bridgehead atoms. The number of benzene rings is 2. The molecule has 0 spiro atoms. The molecule has 0 aliphatic carbocycles. The van der Waals surface area contributed by atoms with Gasteiger partial charge in [-0.15, -0.1) is 0 Å². The molecule has 19 heavy (non-hydrogen) atoms. The highest BCUT2D eigenvalue weighted by Crippen LogP contribution is 2.26. The molecule has 0 atom stereocenters. The summed E-state index contributed by atoms with van der Waals surface area (Å²) in [4.78, 5) is 0. The van der Waals surface area contributed by atoms with Crippen LogP contribution in [-0.4, -0.2) is 0 Å². The van der Waals surface area contributed by atoms with Gasteiger partial charge < -0.3 is 4.74 Å². The fourth-order valence-corrected chi connectivity index (χ4v) is 2.41. The summed E-state index contributed by atoms with van der Waals surface area (Å²) in [6.07, 6.45) is 0. The molecule has 0 saturated heterocycles. The molecule has 0 aromatic heterocycles. The minimum absolute atomic E-state index is 0.227. The maximum absolute atomic E-state index is 13.2. The zero-order chi connectivity index (χ0) is 13.8. The average molecular weight is 323 g/mol. The number of rotatable bonds is 4. The largest absolute Gasteiger partial charge is 0.488 e. The van der Waals surface area contributed by atoms with Crippen LogP contribution in [0.15, 0.2) is 36.4 Å². The van der Waals surface area contributed by atoms with Crippen molar-refractivity contribution in [1.29, 1.82) is 0 Å². The highest BCUT2D eigenvalue weighted by Gasteiger charge is 2.07. The lowest BCUT2D eigenvalue weighted by molar-refractivity contribution is 0.300. The highest BCUT2D eigenvalue weighted by atomic mass is 79.9. The summed E-state index contributed by atoms with van der Waals surface area (Å²) in [7, 11) is 0. The molecule has 0 unspecified atom stereocenters. The van der Waals surface area contributed by atoms with Crippen molar-refractivity contribution in [2.45, 2.75) is 25.8 Å². The normalized spacial score (nSPS) is 10.5. The Morgan fingerprint density at radius 2 is 1.84 bits per heavy atom. The molecule has 2 aromatic carbocycles. The SMILES string of the molecule is Cc1ccc(F)cc1COc1c(C)cccc1CBr.